The molecule has 0 aliphatic heterocycles. The molecule has 0 spiro atoms. The lowest BCUT2D eigenvalue weighted by Gasteiger charge is -2.09. The average molecular weight is 338 g/mol. The van der Waals surface area contributed by atoms with Crippen LogP contribution in [0.4, 0.5) is 5.69 Å². The largest absolute Gasteiger partial charge is 0.451 e. The number of hydrogen-bond acceptors (Lipinski definition) is 5. The third-order valence-electron chi connectivity index (χ3n) is 2.79. The normalized spacial score (nSPS) is 10.2. The molecule has 8 nitrogen and oxygen atoms in total. The Morgan fingerprint density at radius 2 is 1.96 bits per heavy atom. The molecule has 0 saturated heterocycles. The van der Waals surface area contributed by atoms with E-state index in [-0.39, 0.29) is 5.69 Å². The van der Waals surface area contributed by atoms with Gasteiger partial charge in [0.1, 0.15) is 5.69 Å². The molecular formula is C14H12ClN3O5. The quantitative estimate of drug-likeness (QED) is 0.713. The van der Waals surface area contributed by atoms with Gasteiger partial charge in [0.05, 0.1) is 0 Å². The summed E-state index contributed by atoms with van der Waals surface area (Å²) in [5.41, 5.74) is -0.662. The van der Waals surface area contributed by atoms with Crippen LogP contribution in [-0.2, 0) is 9.53 Å². The second kappa shape index (κ2) is 6.93. The number of aryl methyl sites for hydroxylation is 1. The van der Waals surface area contributed by atoms with Crippen LogP contribution in [0.25, 0.3) is 0 Å². The molecule has 23 heavy (non-hydrogen) atoms. The fraction of sp³-hybridized carbons (Fsp3) is 0.143. The van der Waals surface area contributed by atoms with E-state index in [4.69, 9.17) is 16.3 Å². The third-order valence-corrected chi connectivity index (χ3v) is 3.02. The van der Waals surface area contributed by atoms with Gasteiger partial charge in [0.25, 0.3) is 11.5 Å². The van der Waals surface area contributed by atoms with E-state index in [1.54, 1.807) is 25.1 Å². The molecule has 120 valence electrons. The molecular weight excluding hydrogens is 326 g/mol. The number of anilines is 1. The van der Waals surface area contributed by atoms with Gasteiger partial charge in [-0.25, -0.2) is 9.59 Å². The van der Waals surface area contributed by atoms with Gasteiger partial charge in [-0.05, 0) is 24.6 Å². The molecule has 1 aromatic carbocycles. The topological polar surface area (TPSA) is 121 Å². The summed E-state index contributed by atoms with van der Waals surface area (Å²) in [6.07, 6.45) is 0. The monoisotopic (exact) mass is 337 g/mol. The van der Waals surface area contributed by atoms with E-state index in [9.17, 15) is 19.2 Å². The highest BCUT2D eigenvalue weighted by Crippen LogP contribution is 2.19. The minimum Gasteiger partial charge on any atom is -0.451 e. The number of rotatable bonds is 4. The second-order valence-corrected chi connectivity index (χ2v) is 5.02. The first kappa shape index (κ1) is 16.5. The molecule has 1 aromatic heterocycles. The van der Waals surface area contributed by atoms with Crippen LogP contribution in [0.15, 0.2) is 33.9 Å². The molecule has 3 N–H and O–H groups in total. The summed E-state index contributed by atoms with van der Waals surface area (Å²) in [6, 6.07) is 5.83. The highest BCUT2D eigenvalue weighted by atomic mass is 35.5. The Labute approximate surface area is 134 Å². The van der Waals surface area contributed by atoms with Crippen LogP contribution >= 0.6 is 11.6 Å². The first-order chi connectivity index (χ1) is 10.8. The van der Waals surface area contributed by atoms with E-state index in [1.165, 1.54) is 0 Å². The number of halogens is 1. The van der Waals surface area contributed by atoms with Crippen molar-refractivity contribution in [1.82, 2.24) is 9.97 Å². The van der Waals surface area contributed by atoms with Gasteiger partial charge in [0, 0.05) is 16.8 Å². The maximum absolute atomic E-state index is 11.8. The minimum atomic E-state index is -0.994. The van der Waals surface area contributed by atoms with Crippen LogP contribution in [-0.4, -0.2) is 28.5 Å². The Balaban J connectivity index is 1.98. The zero-order valence-corrected chi connectivity index (χ0v) is 12.7. The van der Waals surface area contributed by atoms with E-state index in [0.717, 1.165) is 11.6 Å². The van der Waals surface area contributed by atoms with Gasteiger partial charge in [-0.1, -0.05) is 17.7 Å². The molecule has 0 fully saturated rings. The number of ether oxygens (including phenoxy) is 1. The summed E-state index contributed by atoms with van der Waals surface area (Å²) in [6.45, 7) is 1.19. The van der Waals surface area contributed by atoms with E-state index in [0.29, 0.717) is 10.7 Å². The van der Waals surface area contributed by atoms with Crippen LogP contribution in [0.5, 0.6) is 0 Å². The van der Waals surface area contributed by atoms with Crippen LogP contribution < -0.4 is 16.6 Å². The maximum atomic E-state index is 11.8. The van der Waals surface area contributed by atoms with Gasteiger partial charge in [0.2, 0.25) is 0 Å². The number of carbonyl (C=O) groups excluding carboxylic acids is 2. The number of amides is 1. The Hall–Kier alpha value is -2.87. The number of hydrogen-bond donors (Lipinski definition) is 3. The van der Waals surface area contributed by atoms with Crippen molar-refractivity contribution in [3.63, 3.8) is 0 Å². The predicted molar refractivity (Wildman–Crippen MR) is 82.8 cm³/mol. The van der Waals surface area contributed by atoms with Crippen molar-refractivity contribution in [2.45, 2.75) is 6.92 Å². The number of nitrogens with one attached hydrogen (secondary N) is 3. The number of aromatic nitrogens is 2. The summed E-state index contributed by atoms with van der Waals surface area (Å²) in [5, 5.41) is 2.99. The van der Waals surface area contributed by atoms with E-state index in [2.05, 4.69) is 10.3 Å². The maximum Gasteiger partial charge on any atom is 0.355 e. The molecule has 0 unspecified atom stereocenters. The molecule has 0 radical (unpaired) electrons. The number of benzene rings is 1. The highest BCUT2D eigenvalue weighted by molar-refractivity contribution is 6.31. The number of aromatic amines is 2. The molecule has 0 atom stereocenters. The second-order valence-electron chi connectivity index (χ2n) is 4.58. The highest BCUT2D eigenvalue weighted by Gasteiger charge is 2.13. The zero-order chi connectivity index (χ0) is 17.0. The lowest BCUT2D eigenvalue weighted by atomic mass is 10.2. The van der Waals surface area contributed by atoms with Crippen molar-refractivity contribution in [3.05, 3.63) is 61.4 Å². The van der Waals surface area contributed by atoms with Gasteiger partial charge in [0.15, 0.2) is 6.61 Å². The van der Waals surface area contributed by atoms with E-state index < -0.39 is 29.7 Å². The summed E-state index contributed by atoms with van der Waals surface area (Å²) in [4.78, 5) is 49.6. The Kier molecular flexibility index (Phi) is 4.97. The van der Waals surface area contributed by atoms with Gasteiger partial charge < -0.3 is 15.0 Å². The molecule has 0 aliphatic carbocycles. The first-order valence-electron chi connectivity index (χ1n) is 6.42. The molecule has 2 aromatic rings. The molecule has 0 aliphatic rings. The average Bonchev–Trinajstić information content (AvgIpc) is 2.47. The Bertz CT molecular complexity index is 843. The lowest BCUT2D eigenvalue weighted by Crippen LogP contribution is -2.27. The SMILES string of the molecule is Cc1ccc(Cl)cc1NC(=O)COC(=O)c1cc(=O)[nH]c(=O)[nH]1. The summed E-state index contributed by atoms with van der Waals surface area (Å²) >= 11 is 5.83. The zero-order valence-electron chi connectivity index (χ0n) is 11.9. The lowest BCUT2D eigenvalue weighted by molar-refractivity contribution is -0.119. The van der Waals surface area contributed by atoms with Crippen molar-refractivity contribution >= 4 is 29.2 Å². The first-order valence-corrected chi connectivity index (χ1v) is 6.80. The third kappa shape index (κ3) is 4.55. The molecule has 0 saturated carbocycles. The van der Waals surface area contributed by atoms with Crippen LogP contribution in [0.2, 0.25) is 5.02 Å². The molecule has 1 amide bonds. The molecule has 0 bridgehead atoms. The summed E-state index contributed by atoms with van der Waals surface area (Å²) in [5.74, 6) is -1.58. The Morgan fingerprint density at radius 1 is 1.22 bits per heavy atom. The standard InChI is InChI=1S/C14H12ClN3O5/c1-7-2-3-8(15)4-9(7)16-12(20)6-23-13(21)10-5-11(19)18-14(22)17-10/h2-5H,6H2,1H3,(H,16,20)(H2,17,18,19,22). The fourth-order valence-corrected chi connectivity index (χ4v) is 1.87. The molecule has 9 heteroatoms. The molecule has 1 heterocycles. The van der Waals surface area contributed by atoms with Gasteiger partial charge in [-0.3, -0.25) is 14.6 Å². The van der Waals surface area contributed by atoms with Gasteiger partial charge >= 0.3 is 11.7 Å². The fourth-order valence-electron chi connectivity index (χ4n) is 1.70. The number of esters is 1. The van der Waals surface area contributed by atoms with Crippen LogP contribution in [0, 0.1) is 6.92 Å². The molecule has 2 rings (SSSR count). The predicted octanol–water partition coefficient (Wildman–Crippen LogP) is 0.821. The van der Waals surface area contributed by atoms with Crippen molar-refractivity contribution in [3.8, 4) is 0 Å². The number of carbonyl (C=O) groups is 2. The summed E-state index contributed by atoms with van der Waals surface area (Å²) < 4.78 is 4.74. The van der Waals surface area contributed by atoms with Crippen molar-refractivity contribution < 1.29 is 14.3 Å². The van der Waals surface area contributed by atoms with E-state index >= 15 is 0 Å². The van der Waals surface area contributed by atoms with Crippen molar-refractivity contribution in [2.24, 2.45) is 0 Å². The summed E-state index contributed by atoms with van der Waals surface area (Å²) in [7, 11) is 0. The number of H-pyrrole nitrogens is 2. The smallest absolute Gasteiger partial charge is 0.355 e. The van der Waals surface area contributed by atoms with Crippen LogP contribution in [0.1, 0.15) is 16.1 Å². The van der Waals surface area contributed by atoms with E-state index in [1.807, 2.05) is 4.98 Å². The Morgan fingerprint density at radius 3 is 2.65 bits per heavy atom. The van der Waals surface area contributed by atoms with Gasteiger partial charge in [-0.2, -0.15) is 0 Å². The van der Waals surface area contributed by atoms with Gasteiger partial charge in [-0.15, -0.1) is 0 Å². The van der Waals surface area contributed by atoms with Crippen LogP contribution in [0.3, 0.4) is 0 Å². The van der Waals surface area contributed by atoms with Crippen molar-refractivity contribution in [2.75, 3.05) is 11.9 Å². The minimum absolute atomic E-state index is 0.342. The van der Waals surface area contributed by atoms with Crippen molar-refractivity contribution in [1.29, 1.82) is 0 Å².